The molecule has 0 radical (unpaired) electrons. The highest BCUT2D eigenvalue weighted by atomic mass is 35.5. The Morgan fingerprint density at radius 3 is 2.57 bits per heavy atom. The van der Waals surface area contributed by atoms with Crippen LogP contribution in [-0.4, -0.2) is 61.5 Å². The van der Waals surface area contributed by atoms with Crippen LogP contribution < -0.4 is 21.9 Å². The molecule has 1 aromatic carbocycles. The number of benzene rings is 1. The molecule has 0 saturated carbocycles. The van der Waals surface area contributed by atoms with Gasteiger partial charge < -0.3 is 10.5 Å². The highest BCUT2D eigenvalue weighted by Gasteiger charge is 2.31. The predicted molar refractivity (Wildman–Crippen MR) is 134 cm³/mol. The van der Waals surface area contributed by atoms with Gasteiger partial charge in [-0.1, -0.05) is 24.9 Å². The summed E-state index contributed by atoms with van der Waals surface area (Å²) in [7, 11) is -2.47. The number of rotatable bonds is 10. The number of anilines is 2. The van der Waals surface area contributed by atoms with Crippen LogP contribution in [0.25, 0.3) is 0 Å². The highest BCUT2D eigenvalue weighted by Crippen LogP contribution is 2.29. The van der Waals surface area contributed by atoms with E-state index in [0.717, 1.165) is 24.2 Å². The van der Waals surface area contributed by atoms with Gasteiger partial charge in [-0.05, 0) is 37.5 Å². The Morgan fingerprint density at radius 2 is 1.94 bits per heavy atom. The molecule has 1 saturated heterocycles. The molecule has 0 spiro atoms. The van der Waals surface area contributed by atoms with Crippen molar-refractivity contribution in [2.75, 3.05) is 44.0 Å². The lowest BCUT2D eigenvalue weighted by molar-refractivity contribution is 0.0975. The number of H-pyrrole nitrogens is 1. The number of hydrogen-bond donors (Lipinski definition) is 2. The molecule has 0 aliphatic carbocycles. The lowest BCUT2D eigenvalue weighted by atomic mass is 10.2. The van der Waals surface area contributed by atoms with Crippen molar-refractivity contribution in [1.82, 2.24) is 13.9 Å². The van der Waals surface area contributed by atoms with E-state index in [0.29, 0.717) is 19.5 Å². The lowest BCUT2D eigenvalue weighted by Gasteiger charge is -2.25. The number of nitrogens with zero attached hydrogens (tertiary/aromatic N) is 3. The smallest absolute Gasteiger partial charge is 0.330 e. The van der Waals surface area contributed by atoms with Gasteiger partial charge in [-0.25, -0.2) is 13.2 Å². The van der Waals surface area contributed by atoms with Crippen LogP contribution in [0.3, 0.4) is 0 Å². The first-order valence-electron chi connectivity index (χ1n) is 11.4. The van der Waals surface area contributed by atoms with E-state index in [2.05, 4.69) is 4.98 Å². The van der Waals surface area contributed by atoms with E-state index in [9.17, 15) is 22.8 Å². The predicted octanol–water partition coefficient (Wildman–Crippen LogP) is 1.65. The third-order valence-electron chi connectivity index (χ3n) is 5.84. The van der Waals surface area contributed by atoms with Gasteiger partial charge in [0.25, 0.3) is 11.5 Å². The minimum absolute atomic E-state index is 0.00613. The van der Waals surface area contributed by atoms with Crippen molar-refractivity contribution in [3.8, 4) is 0 Å². The number of amides is 1. The van der Waals surface area contributed by atoms with Gasteiger partial charge in [0.2, 0.25) is 10.0 Å². The average Bonchev–Trinajstić information content (AvgIpc) is 3.37. The fraction of sp³-hybridized carbons (Fsp3) is 0.500. The number of ether oxygens (including phenoxy) is 1. The summed E-state index contributed by atoms with van der Waals surface area (Å²) in [6.07, 6.45) is 2.91. The number of halogens is 1. The van der Waals surface area contributed by atoms with Crippen LogP contribution in [0.2, 0.25) is 5.02 Å². The molecule has 1 fully saturated rings. The molecule has 11 nitrogen and oxygen atoms in total. The monoisotopic (exact) mass is 527 g/mol. The second-order valence-electron chi connectivity index (χ2n) is 8.20. The number of carbonyl (C=O) groups excluding carboxylic acids is 1. The summed E-state index contributed by atoms with van der Waals surface area (Å²) in [5.41, 5.74) is 4.49. The number of unbranched alkanes of at least 4 members (excludes halogenated alkanes) is 1. The minimum atomic E-state index is -3.90. The number of nitrogens with two attached hydrogens (primary N) is 1. The average molecular weight is 528 g/mol. The fourth-order valence-corrected chi connectivity index (χ4v) is 5.95. The molecule has 3 N–H and O–H groups in total. The molecular formula is C22H30ClN5O6S. The van der Waals surface area contributed by atoms with Gasteiger partial charge in [0.05, 0.1) is 11.6 Å². The van der Waals surface area contributed by atoms with Crippen LogP contribution in [0, 0.1) is 0 Å². The Balaban J connectivity index is 2.10. The van der Waals surface area contributed by atoms with Crippen LogP contribution in [-0.2, 0) is 21.3 Å². The van der Waals surface area contributed by atoms with Crippen LogP contribution in [0.15, 0.2) is 32.7 Å². The highest BCUT2D eigenvalue weighted by molar-refractivity contribution is 7.89. The normalized spacial score (nSPS) is 14.4. The number of aromatic amines is 1. The Morgan fingerprint density at radius 1 is 1.26 bits per heavy atom. The third-order valence-corrected chi connectivity index (χ3v) is 8.22. The van der Waals surface area contributed by atoms with Crippen LogP contribution >= 0.6 is 11.6 Å². The topological polar surface area (TPSA) is 148 Å². The summed E-state index contributed by atoms with van der Waals surface area (Å²) >= 11 is 6.22. The van der Waals surface area contributed by atoms with Gasteiger partial charge in [0.1, 0.15) is 10.7 Å². The zero-order chi connectivity index (χ0) is 25.8. The maximum Gasteiger partial charge on any atom is 0.330 e. The largest absolute Gasteiger partial charge is 0.383 e. The minimum Gasteiger partial charge on any atom is -0.383 e. The first-order chi connectivity index (χ1) is 16.6. The first-order valence-corrected chi connectivity index (χ1v) is 13.2. The molecule has 0 atom stereocenters. The van der Waals surface area contributed by atoms with Gasteiger partial charge in [0, 0.05) is 38.9 Å². The summed E-state index contributed by atoms with van der Waals surface area (Å²) in [5.74, 6) is -0.843. The molecule has 2 heterocycles. The summed E-state index contributed by atoms with van der Waals surface area (Å²) in [6.45, 7) is 2.95. The molecule has 1 aliphatic rings. The molecule has 1 aliphatic heterocycles. The molecule has 0 bridgehead atoms. The van der Waals surface area contributed by atoms with E-state index in [-0.39, 0.29) is 46.7 Å². The van der Waals surface area contributed by atoms with Crippen molar-refractivity contribution in [2.24, 2.45) is 0 Å². The van der Waals surface area contributed by atoms with Crippen LogP contribution in [0.1, 0.15) is 43.0 Å². The van der Waals surface area contributed by atoms with Gasteiger partial charge >= 0.3 is 5.69 Å². The van der Waals surface area contributed by atoms with Gasteiger partial charge in [0.15, 0.2) is 5.69 Å². The van der Waals surface area contributed by atoms with E-state index in [1.165, 1.54) is 34.2 Å². The molecule has 2 aromatic rings. The summed E-state index contributed by atoms with van der Waals surface area (Å²) < 4.78 is 33.9. The van der Waals surface area contributed by atoms with E-state index in [1.54, 1.807) is 0 Å². The number of sulfonamides is 1. The van der Waals surface area contributed by atoms with Crippen molar-refractivity contribution in [2.45, 2.75) is 44.0 Å². The Kier molecular flexibility index (Phi) is 8.75. The summed E-state index contributed by atoms with van der Waals surface area (Å²) in [4.78, 5) is 41.8. The number of nitrogens with one attached hydrogen (secondary N) is 1. The maximum absolute atomic E-state index is 13.6. The van der Waals surface area contributed by atoms with Gasteiger partial charge in [-0.15, -0.1) is 0 Å². The van der Waals surface area contributed by atoms with E-state index in [1.807, 2.05) is 6.92 Å². The van der Waals surface area contributed by atoms with Crippen molar-refractivity contribution in [1.29, 1.82) is 0 Å². The molecule has 35 heavy (non-hydrogen) atoms. The van der Waals surface area contributed by atoms with Gasteiger partial charge in [-0.2, -0.15) is 4.31 Å². The zero-order valence-electron chi connectivity index (χ0n) is 19.8. The van der Waals surface area contributed by atoms with Crippen molar-refractivity contribution in [3.05, 3.63) is 49.6 Å². The number of carbonyl (C=O) groups is 1. The Bertz CT molecular complexity index is 1300. The zero-order valence-corrected chi connectivity index (χ0v) is 21.3. The molecule has 192 valence electrons. The molecule has 1 aromatic heterocycles. The number of nitrogen functional groups attached to an aromatic ring is 1. The fourth-order valence-electron chi connectivity index (χ4n) is 3.93. The standard InChI is InChI=1S/C22H30ClN5O6S/c1-3-4-11-28-19(24)18(20(29)25-22(28)31)27(12-13-34-2)21(30)15-7-8-16(23)17(14-15)35(32,33)26-9-5-6-10-26/h7-8,14H,3-6,9-13,24H2,1-2H3,(H,25,29,31). The molecule has 3 rings (SSSR count). The number of methoxy groups -OCH3 is 1. The van der Waals surface area contributed by atoms with E-state index < -0.39 is 27.2 Å². The maximum atomic E-state index is 13.6. The third kappa shape index (κ3) is 5.61. The van der Waals surface area contributed by atoms with E-state index >= 15 is 0 Å². The molecular weight excluding hydrogens is 498 g/mol. The number of hydrogen-bond acceptors (Lipinski definition) is 7. The van der Waals surface area contributed by atoms with Crippen LogP contribution in [0.4, 0.5) is 11.5 Å². The van der Waals surface area contributed by atoms with Crippen molar-refractivity contribution in [3.63, 3.8) is 0 Å². The van der Waals surface area contributed by atoms with Crippen LogP contribution in [0.5, 0.6) is 0 Å². The quantitative estimate of drug-likeness (QED) is 0.477. The lowest BCUT2D eigenvalue weighted by Crippen LogP contribution is -2.42. The Labute approximate surface area is 208 Å². The SMILES string of the molecule is CCCCn1c(N)c(N(CCOC)C(=O)c2ccc(Cl)c(S(=O)(=O)N3CCCC3)c2)c(=O)[nH]c1=O. The molecule has 1 amide bonds. The summed E-state index contributed by atoms with van der Waals surface area (Å²) in [5, 5.41) is -0.0117. The van der Waals surface area contributed by atoms with Gasteiger partial charge in [-0.3, -0.25) is 24.0 Å². The summed E-state index contributed by atoms with van der Waals surface area (Å²) in [6, 6.07) is 3.92. The van der Waals surface area contributed by atoms with E-state index in [4.69, 9.17) is 22.1 Å². The van der Waals surface area contributed by atoms with Crippen molar-refractivity contribution < 1.29 is 17.9 Å². The molecule has 0 unspecified atom stereocenters. The molecule has 13 heteroatoms. The second-order valence-corrected chi connectivity index (χ2v) is 10.5. The second kappa shape index (κ2) is 11.4. The number of aromatic nitrogens is 2. The first kappa shape index (κ1) is 26.9. The Hall–Kier alpha value is -2.67. The van der Waals surface area contributed by atoms with Crippen molar-refractivity contribution >= 4 is 39.0 Å².